The summed E-state index contributed by atoms with van der Waals surface area (Å²) in [6, 6.07) is 3.88. The van der Waals surface area contributed by atoms with Crippen molar-refractivity contribution in [3.05, 3.63) is 35.9 Å². The molecule has 0 N–H and O–H groups in total. The molecular formula is C11H11ClN4O2S. The lowest BCUT2D eigenvalue weighted by atomic mass is 10.2. The highest BCUT2D eigenvalue weighted by molar-refractivity contribution is 8.13. The van der Waals surface area contributed by atoms with Crippen LogP contribution in [0.1, 0.15) is 30.3 Å². The Bertz CT molecular complexity index is 695. The summed E-state index contributed by atoms with van der Waals surface area (Å²) in [4.78, 5) is 4.02. The molecule has 100 valence electrons. The van der Waals surface area contributed by atoms with Crippen LogP contribution >= 0.6 is 10.7 Å². The van der Waals surface area contributed by atoms with Gasteiger partial charge in [-0.25, -0.2) is 8.42 Å². The molecule has 0 bridgehead atoms. The van der Waals surface area contributed by atoms with Crippen LogP contribution in [0.4, 0.5) is 0 Å². The first-order chi connectivity index (χ1) is 9.05. The lowest BCUT2D eigenvalue weighted by molar-refractivity contribution is 0.571. The zero-order valence-electron chi connectivity index (χ0n) is 9.90. The fourth-order valence-corrected chi connectivity index (χ4v) is 2.92. The van der Waals surface area contributed by atoms with E-state index in [4.69, 9.17) is 10.7 Å². The smallest absolute Gasteiger partial charge is 0.296 e. The predicted molar refractivity (Wildman–Crippen MR) is 68.4 cm³/mol. The summed E-state index contributed by atoms with van der Waals surface area (Å²) in [5.41, 5.74) is 0.954. The van der Waals surface area contributed by atoms with E-state index in [1.54, 1.807) is 17.0 Å². The largest absolute Gasteiger partial charge is 0.297 e. The lowest BCUT2D eigenvalue weighted by Crippen LogP contribution is -2.08. The Kier molecular flexibility index (Phi) is 3.02. The van der Waals surface area contributed by atoms with Crippen LogP contribution in [0, 0.1) is 0 Å². The third kappa shape index (κ3) is 2.62. The maximum Gasteiger partial charge on any atom is 0.296 e. The number of aromatic nitrogens is 4. The molecular weight excluding hydrogens is 288 g/mol. The van der Waals surface area contributed by atoms with Crippen LogP contribution < -0.4 is 0 Å². The summed E-state index contributed by atoms with van der Waals surface area (Å²) >= 11 is 0. The van der Waals surface area contributed by atoms with Crippen molar-refractivity contribution in [3.63, 3.8) is 0 Å². The van der Waals surface area contributed by atoms with Crippen molar-refractivity contribution in [1.82, 2.24) is 19.7 Å². The van der Waals surface area contributed by atoms with Gasteiger partial charge in [0.15, 0.2) is 0 Å². The molecule has 1 saturated carbocycles. The molecule has 3 rings (SSSR count). The maximum atomic E-state index is 11.5. The Balaban J connectivity index is 2.01. The average molecular weight is 299 g/mol. The second kappa shape index (κ2) is 4.57. The van der Waals surface area contributed by atoms with Crippen molar-refractivity contribution in [2.24, 2.45) is 0 Å². The van der Waals surface area contributed by atoms with Gasteiger partial charge in [-0.2, -0.15) is 0 Å². The molecule has 0 aliphatic heterocycles. The molecule has 1 fully saturated rings. The molecule has 1 aliphatic carbocycles. The van der Waals surface area contributed by atoms with E-state index in [0.29, 0.717) is 12.2 Å². The molecule has 6 nitrogen and oxygen atoms in total. The molecule has 2 aromatic rings. The Labute approximate surface area is 114 Å². The first-order valence-corrected chi connectivity index (χ1v) is 8.14. The minimum Gasteiger partial charge on any atom is -0.297 e. The van der Waals surface area contributed by atoms with Gasteiger partial charge in [0.2, 0.25) is 0 Å². The summed E-state index contributed by atoms with van der Waals surface area (Å²) in [5.74, 6) is 0.606. The Morgan fingerprint density at radius 1 is 1.37 bits per heavy atom. The highest BCUT2D eigenvalue weighted by atomic mass is 35.7. The molecule has 0 aromatic carbocycles. The number of hydrogen-bond acceptors (Lipinski definition) is 5. The van der Waals surface area contributed by atoms with Gasteiger partial charge in [-0.3, -0.25) is 9.55 Å². The van der Waals surface area contributed by atoms with E-state index in [0.717, 1.165) is 18.4 Å². The van der Waals surface area contributed by atoms with E-state index >= 15 is 0 Å². The normalized spacial score (nSPS) is 15.6. The molecule has 2 aromatic heterocycles. The molecule has 0 spiro atoms. The van der Waals surface area contributed by atoms with E-state index in [1.807, 2.05) is 12.1 Å². The average Bonchev–Trinajstić information content (AvgIpc) is 3.11. The van der Waals surface area contributed by atoms with E-state index in [-0.39, 0.29) is 11.2 Å². The molecule has 1 aliphatic rings. The second-order valence-corrected chi connectivity index (χ2v) is 6.94. The molecule has 0 atom stereocenters. The summed E-state index contributed by atoms with van der Waals surface area (Å²) in [7, 11) is 1.52. The van der Waals surface area contributed by atoms with Crippen LogP contribution in [-0.4, -0.2) is 28.2 Å². The summed E-state index contributed by atoms with van der Waals surface area (Å²) in [6.07, 6.45) is 5.75. The molecule has 0 saturated heterocycles. The molecule has 0 amide bonds. The summed E-state index contributed by atoms with van der Waals surface area (Å²) in [5, 5.41) is 7.52. The van der Waals surface area contributed by atoms with Crippen molar-refractivity contribution in [1.29, 1.82) is 0 Å². The van der Waals surface area contributed by atoms with Crippen molar-refractivity contribution < 1.29 is 8.42 Å². The topological polar surface area (TPSA) is 77.7 Å². The molecule has 0 radical (unpaired) electrons. The summed E-state index contributed by atoms with van der Waals surface area (Å²) in [6.45, 7) is 0. The minimum absolute atomic E-state index is 0.144. The van der Waals surface area contributed by atoms with Crippen LogP contribution in [0.2, 0.25) is 0 Å². The zero-order chi connectivity index (χ0) is 13.5. The molecule has 2 heterocycles. The molecule has 8 heteroatoms. The van der Waals surface area contributed by atoms with Gasteiger partial charge in [0.1, 0.15) is 5.82 Å². The van der Waals surface area contributed by atoms with Crippen LogP contribution in [0.5, 0.6) is 0 Å². The van der Waals surface area contributed by atoms with Crippen molar-refractivity contribution >= 4 is 19.7 Å². The number of halogens is 1. The lowest BCUT2D eigenvalue weighted by Gasteiger charge is -2.06. The Morgan fingerprint density at radius 2 is 2.16 bits per heavy atom. The van der Waals surface area contributed by atoms with E-state index < -0.39 is 9.05 Å². The number of pyridine rings is 1. The first kappa shape index (κ1) is 12.6. The van der Waals surface area contributed by atoms with Gasteiger partial charge in [-0.05, 0) is 24.5 Å². The van der Waals surface area contributed by atoms with Crippen LogP contribution in [0.3, 0.4) is 0 Å². The second-order valence-electron chi connectivity index (χ2n) is 4.48. The minimum atomic E-state index is -3.86. The van der Waals surface area contributed by atoms with E-state index in [2.05, 4.69) is 15.2 Å². The maximum absolute atomic E-state index is 11.5. The van der Waals surface area contributed by atoms with Gasteiger partial charge < -0.3 is 0 Å². The first-order valence-electron chi connectivity index (χ1n) is 5.83. The van der Waals surface area contributed by atoms with Gasteiger partial charge >= 0.3 is 0 Å². The molecule has 19 heavy (non-hydrogen) atoms. The quantitative estimate of drug-likeness (QED) is 0.800. The van der Waals surface area contributed by atoms with Gasteiger partial charge in [0, 0.05) is 35.5 Å². The Hall–Kier alpha value is -1.47. The van der Waals surface area contributed by atoms with Crippen LogP contribution in [-0.2, 0) is 15.5 Å². The van der Waals surface area contributed by atoms with Crippen LogP contribution in [0.25, 0.3) is 0 Å². The number of hydrogen-bond donors (Lipinski definition) is 0. The number of rotatable bonds is 4. The van der Waals surface area contributed by atoms with Gasteiger partial charge in [-0.15, -0.1) is 10.2 Å². The zero-order valence-corrected chi connectivity index (χ0v) is 11.5. The van der Waals surface area contributed by atoms with E-state index in [1.165, 1.54) is 0 Å². The van der Waals surface area contributed by atoms with Crippen molar-refractivity contribution in [2.75, 3.05) is 0 Å². The monoisotopic (exact) mass is 298 g/mol. The fourth-order valence-electron chi connectivity index (χ4n) is 1.98. The third-order valence-corrected chi connectivity index (χ3v) is 4.08. The highest BCUT2D eigenvalue weighted by Gasteiger charge is 2.33. The third-order valence-electron chi connectivity index (χ3n) is 2.95. The van der Waals surface area contributed by atoms with Crippen molar-refractivity contribution in [2.45, 2.75) is 30.5 Å². The van der Waals surface area contributed by atoms with Crippen molar-refractivity contribution in [3.8, 4) is 0 Å². The van der Waals surface area contributed by atoms with Crippen LogP contribution in [0.15, 0.2) is 29.7 Å². The predicted octanol–water partition coefficient (Wildman–Crippen LogP) is 1.53. The Morgan fingerprint density at radius 3 is 2.74 bits per heavy atom. The summed E-state index contributed by atoms with van der Waals surface area (Å²) < 4.78 is 24.6. The standard InChI is InChI=1S/C11H11ClN4O2S/c12-19(17,18)11-15-14-10(16(11)9-3-4-9)6-8-2-1-5-13-7-8/h1-2,5,7,9H,3-4,6H2. The van der Waals surface area contributed by atoms with E-state index in [9.17, 15) is 8.42 Å². The fraction of sp³-hybridized carbons (Fsp3) is 0.364. The van der Waals surface area contributed by atoms with Gasteiger partial charge in [0.25, 0.3) is 14.2 Å². The highest BCUT2D eigenvalue weighted by Crippen LogP contribution is 2.38. The SMILES string of the molecule is O=S(=O)(Cl)c1nnc(Cc2cccnc2)n1C1CC1. The van der Waals surface area contributed by atoms with Gasteiger partial charge in [0.05, 0.1) is 0 Å². The molecule has 0 unspecified atom stereocenters. The number of nitrogens with zero attached hydrogens (tertiary/aromatic N) is 4. The van der Waals surface area contributed by atoms with Gasteiger partial charge in [-0.1, -0.05) is 6.07 Å².